The Morgan fingerprint density at radius 2 is 0.947 bits per heavy atom. The third kappa shape index (κ3) is 5.28. The molecule has 0 saturated carbocycles. The first-order chi connectivity index (χ1) is 28.3. The van der Waals surface area contributed by atoms with Gasteiger partial charge in [-0.05, 0) is 69.3 Å². The van der Waals surface area contributed by atoms with Gasteiger partial charge in [-0.25, -0.2) is 9.97 Å². The van der Waals surface area contributed by atoms with E-state index in [4.69, 9.17) is 14.7 Å². The second-order valence-corrected chi connectivity index (χ2v) is 18.2. The van der Waals surface area contributed by atoms with Crippen LogP contribution in [0.1, 0.15) is 0 Å². The van der Waals surface area contributed by atoms with Gasteiger partial charge < -0.3 is 9.30 Å². The Morgan fingerprint density at radius 3 is 1.56 bits per heavy atom. The maximum Gasteiger partial charge on any atom is 0.188 e. The van der Waals surface area contributed by atoms with Crippen LogP contribution in [0.25, 0.3) is 61.4 Å². The molecule has 1 aliphatic rings. The van der Waals surface area contributed by atoms with Crippen molar-refractivity contribution in [2.24, 2.45) is 0 Å². The highest BCUT2D eigenvalue weighted by atomic mass is 28.3. The first kappa shape index (κ1) is 33.0. The summed E-state index contributed by atoms with van der Waals surface area (Å²) < 4.78 is 9.60. The molecule has 0 N–H and O–H groups in total. The Bertz CT molecular complexity index is 2980. The Morgan fingerprint density at radius 1 is 0.421 bits per heavy atom. The number of fused-ring (bicyclic) bond motifs is 6. The minimum absolute atomic E-state index is 0.672. The fourth-order valence-corrected chi connectivity index (χ4v) is 13.8. The molecule has 8 aromatic carbocycles. The van der Waals surface area contributed by atoms with E-state index in [2.05, 4.69) is 205 Å². The topological polar surface area (TPSA) is 39.9 Å². The number of para-hydroxylation sites is 2. The summed E-state index contributed by atoms with van der Waals surface area (Å²) in [5.74, 6) is 2.48. The van der Waals surface area contributed by atoms with Crippen LogP contribution >= 0.6 is 0 Å². The molecule has 0 spiro atoms. The summed E-state index contributed by atoms with van der Waals surface area (Å²) in [5.41, 5.74) is 8.05. The van der Waals surface area contributed by atoms with Crippen LogP contribution in [-0.2, 0) is 0 Å². The molecule has 0 saturated heterocycles. The fourth-order valence-electron chi connectivity index (χ4n) is 8.85. The predicted molar refractivity (Wildman–Crippen MR) is 236 cm³/mol. The monoisotopic (exact) mass is 745 g/mol. The number of aromatic nitrogens is 3. The molecule has 10 aromatic rings. The average Bonchev–Trinajstić information content (AvgIpc) is 3.64. The fraction of sp³-hybridized carbons (Fsp3) is 0. The van der Waals surface area contributed by atoms with Crippen LogP contribution in [0.15, 0.2) is 212 Å². The number of ether oxygens (including phenoxy) is 1. The third-order valence-electron chi connectivity index (χ3n) is 11.3. The SMILES string of the molecule is c1ccc(-c2cc(-c3ccccc3)nc(-c3ccc4c(c3)c3c5c(ccc3n4-c3ccccc3)[Si](c3ccccc3)(c3ccccc3)c3ccccc3O5)n2)cc1. The van der Waals surface area contributed by atoms with E-state index >= 15 is 0 Å². The summed E-state index contributed by atoms with van der Waals surface area (Å²) in [7, 11) is -2.88. The summed E-state index contributed by atoms with van der Waals surface area (Å²) in [6.07, 6.45) is 0. The van der Waals surface area contributed by atoms with Gasteiger partial charge in [0.2, 0.25) is 0 Å². The third-order valence-corrected chi connectivity index (χ3v) is 16.2. The molecule has 4 nitrogen and oxygen atoms in total. The molecule has 3 heterocycles. The highest BCUT2D eigenvalue weighted by Crippen LogP contribution is 2.43. The van der Waals surface area contributed by atoms with Gasteiger partial charge in [0.15, 0.2) is 13.9 Å². The summed E-state index contributed by atoms with van der Waals surface area (Å²) in [4.78, 5) is 10.5. The van der Waals surface area contributed by atoms with Crippen molar-refractivity contribution >= 4 is 50.6 Å². The van der Waals surface area contributed by atoms with Gasteiger partial charge in [0.1, 0.15) is 11.5 Å². The zero-order valence-corrected chi connectivity index (χ0v) is 32.0. The first-order valence-electron chi connectivity index (χ1n) is 19.3. The van der Waals surface area contributed by atoms with Crippen LogP contribution < -0.4 is 25.5 Å². The number of nitrogens with zero attached hydrogens (tertiary/aromatic N) is 3. The molecule has 0 radical (unpaired) electrons. The van der Waals surface area contributed by atoms with Gasteiger partial charge in [-0.15, -0.1) is 0 Å². The van der Waals surface area contributed by atoms with E-state index in [-0.39, 0.29) is 0 Å². The highest BCUT2D eigenvalue weighted by Gasteiger charge is 2.48. The smallest absolute Gasteiger partial charge is 0.188 e. The van der Waals surface area contributed by atoms with E-state index < -0.39 is 8.07 Å². The molecule has 11 rings (SSSR count). The second kappa shape index (κ2) is 13.4. The normalized spacial score (nSPS) is 12.8. The zero-order chi connectivity index (χ0) is 37.8. The van der Waals surface area contributed by atoms with E-state index in [1.807, 2.05) is 12.1 Å². The van der Waals surface area contributed by atoms with E-state index in [9.17, 15) is 0 Å². The quantitative estimate of drug-likeness (QED) is 0.159. The lowest BCUT2D eigenvalue weighted by Gasteiger charge is -2.39. The van der Waals surface area contributed by atoms with E-state index in [1.165, 1.54) is 20.7 Å². The predicted octanol–water partition coefficient (Wildman–Crippen LogP) is 10.1. The van der Waals surface area contributed by atoms with Crippen LogP contribution in [0, 0.1) is 0 Å². The molecule has 5 heteroatoms. The molecule has 2 aromatic heterocycles. The van der Waals surface area contributed by atoms with Crippen LogP contribution in [-0.4, -0.2) is 22.6 Å². The van der Waals surface area contributed by atoms with Gasteiger partial charge in [-0.3, -0.25) is 0 Å². The molecule has 0 fully saturated rings. The van der Waals surface area contributed by atoms with E-state index in [0.717, 1.165) is 67.1 Å². The standard InChI is InChI=1S/C52H35N3OSi/c1-6-18-36(19-7-1)43-35-44(37-20-8-2-9-21-37)54-52(53-43)38-30-31-45-42(34-38)50-46(55(45)39-22-10-3-11-23-39)32-33-49-51(50)56-47-28-16-17-29-48(47)57(49,40-24-12-4-13-25-40)41-26-14-5-15-27-41/h1-35H. The van der Waals surface area contributed by atoms with Gasteiger partial charge in [0, 0.05) is 27.8 Å². The van der Waals surface area contributed by atoms with E-state index in [0.29, 0.717) is 5.82 Å². The zero-order valence-electron chi connectivity index (χ0n) is 31.0. The largest absolute Gasteiger partial charge is 0.457 e. The van der Waals surface area contributed by atoms with Gasteiger partial charge in [-0.2, -0.15) is 0 Å². The number of benzene rings is 8. The van der Waals surface area contributed by atoms with Crippen molar-refractivity contribution in [1.82, 2.24) is 14.5 Å². The molecule has 57 heavy (non-hydrogen) atoms. The summed E-state index contributed by atoms with van der Waals surface area (Å²) in [5, 5.41) is 7.29. The average molecular weight is 746 g/mol. The van der Waals surface area contributed by atoms with Crippen molar-refractivity contribution in [3.05, 3.63) is 212 Å². The molecule has 0 bridgehead atoms. The molecular weight excluding hydrogens is 711 g/mol. The molecular formula is C52H35N3OSi. The molecule has 1 aliphatic heterocycles. The number of hydrogen-bond acceptors (Lipinski definition) is 3. The highest BCUT2D eigenvalue weighted by molar-refractivity contribution is 7.20. The van der Waals surface area contributed by atoms with Gasteiger partial charge >= 0.3 is 0 Å². The maximum absolute atomic E-state index is 7.24. The first-order valence-corrected chi connectivity index (χ1v) is 21.3. The second-order valence-electron chi connectivity index (χ2n) is 14.5. The Labute approximate surface area is 332 Å². The molecule has 0 atom stereocenters. The van der Waals surface area contributed by atoms with Gasteiger partial charge in [0.05, 0.1) is 27.8 Å². The lowest BCUT2D eigenvalue weighted by atomic mass is 10.1. The summed E-state index contributed by atoms with van der Waals surface area (Å²) in [6.45, 7) is 0. The van der Waals surface area contributed by atoms with Crippen molar-refractivity contribution in [2.45, 2.75) is 0 Å². The van der Waals surface area contributed by atoms with Crippen molar-refractivity contribution < 1.29 is 4.74 Å². The van der Waals surface area contributed by atoms with Crippen LogP contribution in [0.2, 0.25) is 0 Å². The Kier molecular flexibility index (Phi) is 7.79. The maximum atomic E-state index is 7.24. The van der Waals surface area contributed by atoms with Crippen molar-refractivity contribution in [1.29, 1.82) is 0 Å². The Balaban J connectivity index is 1.24. The Hall–Kier alpha value is -7.34. The van der Waals surface area contributed by atoms with Gasteiger partial charge in [-0.1, -0.05) is 164 Å². The lowest BCUT2D eigenvalue weighted by molar-refractivity contribution is 0.493. The lowest BCUT2D eigenvalue weighted by Crippen LogP contribution is -2.76. The molecule has 0 aliphatic carbocycles. The number of hydrogen-bond donors (Lipinski definition) is 0. The molecule has 0 amide bonds. The van der Waals surface area contributed by atoms with Crippen LogP contribution in [0.5, 0.6) is 11.5 Å². The summed E-state index contributed by atoms with van der Waals surface area (Å²) >= 11 is 0. The molecule has 268 valence electrons. The minimum atomic E-state index is -2.88. The van der Waals surface area contributed by atoms with Crippen molar-refractivity contribution in [3.63, 3.8) is 0 Å². The molecule has 0 unspecified atom stereocenters. The van der Waals surface area contributed by atoms with E-state index in [1.54, 1.807) is 0 Å². The van der Waals surface area contributed by atoms with Crippen molar-refractivity contribution in [3.8, 4) is 51.1 Å². The minimum Gasteiger partial charge on any atom is -0.457 e. The number of rotatable bonds is 6. The van der Waals surface area contributed by atoms with Crippen LogP contribution in [0.3, 0.4) is 0 Å². The summed E-state index contributed by atoms with van der Waals surface area (Å²) in [6, 6.07) is 75.5. The van der Waals surface area contributed by atoms with Crippen molar-refractivity contribution in [2.75, 3.05) is 0 Å². The van der Waals surface area contributed by atoms with Crippen LogP contribution in [0.4, 0.5) is 0 Å². The van der Waals surface area contributed by atoms with Gasteiger partial charge in [0.25, 0.3) is 0 Å².